The van der Waals surface area contributed by atoms with Crippen LogP contribution in [-0.2, 0) is 4.74 Å². The lowest BCUT2D eigenvalue weighted by atomic mass is 10.7. The van der Waals surface area contributed by atoms with Crippen molar-refractivity contribution < 1.29 is 17.9 Å². The summed E-state index contributed by atoms with van der Waals surface area (Å²) in [4.78, 5) is 3.31. The second-order valence-corrected chi connectivity index (χ2v) is 2.31. The first-order valence-electron chi connectivity index (χ1n) is 2.25. The van der Waals surface area contributed by atoms with Crippen LogP contribution in [0.15, 0.2) is 4.99 Å². The lowest BCUT2D eigenvalue weighted by Gasteiger charge is -2.10. The maximum Gasteiger partial charge on any atom is 0.523 e. The molecule has 0 saturated heterocycles. The van der Waals surface area contributed by atoms with Crippen LogP contribution in [0.5, 0.6) is 0 Å². The van der Waals surface area contributed by atoms with E-state index in [2.05, 4.69) is 16.3 Å². The van der Waals surface area contributed by atoms with Gasteiger partial charge in [-0.1, -0.05) is 11.8 Å². The summed E-state index contributed by atoms with van der Waals surface area (Å²) in [6.45, 7) is 2.10. The van der Waals surface area contributed by atoms with E-state index in [4.69, 9.17) is 0 Å². The number of hydrogen-bond acceptors (Lipinski definition) is 3. The molecule has 0 bridgehead atoms. The molecule has 2 nitrogen and oxygen atoms in total. The Kier molecular flexibility index (Phi) is 2.20. The van der Waals surface area contributed by atoms with E-state index < -0.39 is 11.8 Å². The monoisotopic (exact) mass is 169 g/mol. The van der Waals surface area contributed by atoms with Gasteiger partial charge in [0, 0.05) is 0 Å². The molecule has 2 radical (unpaired) electrons. The van der Waals surface area contributed by atoms with Crippen LogP contribution < -0.4 is 0 Å². The molecule has 0 saturated carbocycles. The van der Waals surface area contributed by atoms with Crippen molar-refractivity contribution in [2.75, 3.05) is 0 Å². The third-order valence-electron chi connectivity index (χ3n) is 0.658. The smallest absolute Gasteiger partial charge is 0.274 e. The molecule has 1 unspecified atom stereocenters. The van der Waals surface area contributed by atoms with E-state index in [1.807, 2.05) is 0 Å². The lowest BCUT2D eigenvalue weighted by molar-refractivity contribution is -0.326. The van der Waals surface area contributed by atoms with Crippen LogP contribution in [0.3, 0.4) is 0 Å². The highest BCUT2D eigenvalue weighted by Crippen LogP contribution is 2.27. The van der Waals surface area contributed by atoms with Crippen molar-refractivity contribution in [3.8, 4) is 0 Å². The van der Waals surface area contributed by atoms with Crippen LogP contribution in [0.25, 0.3) is 0 Å². The van der Waals surface area contributed by atoms with E-state index >= 15 is 0 Å². The quantitative estimate of drug-likeness (QED) is 0.595. The molecule has 0 amide bonds. The molecule has 1 aliphatic heterocycles. The number of hydrogen-bond donors (Lipinski definition) is 0. The lowest BCUT2D eigenvalue weighted by Crippen LogP contribution is -2.19. The summed E-state index contributed by atoms with van der Waals surface area (Å²) in [7, 11) is 0. The Morgan fingerprint density at radius 2 is 2.30 bits per heavy atom. The van der Waals surface area contributed by atoms with Crippen molar-refractivity contribution in [2.24, 2.45) is 4.99 Å². The summed E-state index contributed by atoms with van der Waals surface area (Å²) >= 11 is 0.824. The van der Waals surface area contributed by atoms with E-state index in [9.17, 15) is 13.2 Å². The van der Waals surface area contributed by atoms with E-state index in [-0.39, 0.29) is 0 Å². The van der Waals surface area contributed by atoms with Gasteiger partial charge in [-0.25, -0.2) is 0 Å². The molecule has 0 aromatic heterocycles. The van der Waals surface area contributed by atoms with E-state index in [0.29, 0.717) is 0 Å². The van der Waals surface area contributed by atoms with Crippen LogP contribution in [0.1, 0.15) is 0 Å². The summed E-state index contributed by atoms with van der Waals surface area (Å²) in [6, 6.07) is 0. The highest BCUT2D eigenvalue weighted by atomic mass is 32.2. The number of halogens is 3. The fourth-order valence-corrected chi connectivity index (χ4v) is 0.902. The second-order valence-electron chi connectivity index (χ2n) is 1.40. The minimum atomic E-state index is -4.60. The molecule has 1 aliphatic rings. The van der Waals surface area contributed by atoms with Gasteiger partial charge in [0.15, 0.2) is 6.54 Å². The SMILES string of the molecule is FC(F)(F)OC1[C]N=CS1. The zero-order valence-corrected chi connectivity index (χ0v) is 5.37. The average molecular weight is 169 g/mol. The first-order chi connectivity index (χ1) is 4.58. The topological polar surface area (TPSA) is 21.6 Å². The van der Waals surface area contributed by atoms with Crippen LogP contribution in [-0.4, -0.2) is 17.3 Å². The summed E-state index contributed by atoms with van der Waals surface area (Å²) in [5.74, 6) is 0. The van der Waals surface area contributed by atoms with Gasteiger partial charge >= 0.3 is 6.36 Å². The molecule has 6 heteroatoms. The molecule has 0 fully saturated rings. The largest absolute Gasteiger partial charge is 0.523 e. The van der Waals surface area contributed by atoms with Gasteiger partial charge in [-0.15, -0.1) is 13.2 Å². The van der Waals surface area contributed by atoms with Crippen LogP contribution >= 0.6 is 11.8 Å². The van der Waals surface area contributed by atoms with Crippen molar-refractivity contribution in [3.05, 3.63) is 6.54 Å². The van der Waals surface area contributed by atoms with Crippen molar-refractivity contribution >= 4 is 17.3 Å². The third kappa shape index (κ3) is 2.57. The van der Waals surface area contributed by atoms with Crippen molar-refractivity contribution in [1.82, 2.24) is 0 Å². The minimum Gasteiger partial charge on any atom is -0.274 e. The molecule has 0 N–H and O–H groups in total. The van der Waals surface area contributed by atoms with Crippen LogP contribution in [0, 0.1) is 6.54 Å². The molecule has 0 spiro atoms. The number of nitrogens with zero attached hydrogens (tertiary/aromatic N) is 1. The Morgan fingerprint density at radius 1 is 1.60 bits per heavy atom. The van der Waals surface area contributed by atoms with Gasteiger partial charge in [0.2, 0.25) is 0 Å². The maximum absolute atomic E-state index is 11.4. The minimum absolute atomic E-state index is 0.824. The normalized spacial score (nSPS) is 25.7. The number of aliphatic imine (C=N–C) groups is 1. The Hall–Kier alpha value is -0.230. The standard InChI is InChI=1S/C4H2F3NOS/c5-4(6,7)9-3-1-8-2-10-3/h2-3H. The van der Waals surface area contributed by atoms with Crippen molar-refractivity contribution in [3.63, 3.8) is 0 Å². The Bertz CT molecular complexity index is 138. The molecule has 0 aromatic carbocycles. The van der Waals surface area contributed by atoms with E-state index in [0.717, 1.165) is 11.8 Å². The highest BCUT2D eigenvalue weighted by Gasteiger charge is 2.34. The van der Waals surface area contributed by atoms with E-state index in [1.54, 1.807) is 0 Å². The maximum atomic E-state index is 11.4. The first kappa shape index (κ1) is 7.87. The Morgan fingerprint density at radius 3 is 2.70 bits per heavy atom. The molecule has 1 heterocycles. The molecule has 10 heavy (non-hydrogen) atoms. The molecular weight excluding hydrogens is 167 g/mol. The highest BCUT2D eigenvalue weighted by molar-refractivity contribution is 8.12. The van der Waals surface area contributed by atoms with Gasteiger partial charge in [-0.3, -0.25) is 9.73 Å². The summed E-state index contributed by atoms with van der Waals surface area (Å²) in [6.07, 6.45) is -4.60. The predicted octanol–water partition coefficient (Wildman–Crippen LogP) is 1.66. The number of alkyl halides is 3. The Balaban J connectivity index is 2.26. The average Bonchev–Trinajstić information content (AvgIpc) is 2.12. The zero-order valence-electron chi connectivity index (χ0n) is 4.55. The Labute approximate surface area is 59.5 Å². The van der Waals surface area contributed by atoms with Gasteiger partial charge in [0.1, 0.15) is 5.44 Å². The summed E-state index contributed by atoms with van der Waals surface area (Å²) in [5.41, 5.74) is 0.121. The summed E-state index contributed by atoms with van der Waals surface area (Å²) in [5, 5.41) is 0. The van der Waals surface area contributed by atoms with Gasteiger partial charge < -0.3 is 0 Å². The molecule has 0 aliphatic carbocycles. The van der Waals surface area contributed by atoms with Crippen molar-refractivity contribution in [2.45, 2.75) is 11.8 Å². The zero-order chi connectivity index (χ0) is 7.61. The fraction of sp³-hybridized carbons (Fsp3) is 0.500. The molecule has 1 atom stereocenters. The van der Waals surface area contributed by atoms with E-state index in [1.165, 1.54) is 5.55 Å². The molecule has 0 aromatic rings. The van der Waals surface area contributed by atoms with Gasteiger partial charge in [-0.05, 0) is 0 Å². The molecule has 56 valence electrons. The van der Waals surface area contributed by atoms with Gasteiger partial charge in [-0.2, -0.15) is 0 Å². The number of thioether (sulfide) groups is 1. The summed E-state index contributed by atoms with van der Waals surface area (Å²) < 4.78 is 37.7. The molecule has 1 rings (SSSR count). The number of ether oxygens (including phenoxy) is 1. The second kappa shape index (κ2) is 2.79. The van der Waals surface area contributed by atoms with Crippen molar-refractivity contribution in [1.29, 1.82) is 0 Å². The predicted molar refractivity (Wildman–Crippen MR) is 30.3 cm³/mol. The fourth-order valence-electron chi connectivity index (χ4n) is 0.383. The third-order valence-corrected chi connectivity index (χ3v) is 1.33. The van der Waals surface area contributed by atoms with Crippen LogP contribution in [0.4, 0.5) is 13.2 Å². The van der Waals surface area contributed by atoms with Gasteiger partial charge in [0.05, 0.1) is 5.55 Å². The molecular formula is C4H2F3NOS. The van der Waals surface area contributed by atoms with Crippen LogP contribution in [0.2, 0.25) is 0 Å². The van der Waals surface area contributed by atoms with Gasteiger partial charge in [0.25, 0.3) is 0 Å². The first-order valence-corrected chi connectivity index (χ1v) is 3.19. The number of rotatable bonds is 1.